The van der Waals surface area contributed by atoms with E-state index in [9.17, 15) is 0 Å². The number of hydrogen-bond acceptors (Lipinski definition) is 8. The van der Waals surface area contributed by atoms with Crippen molar-refractivity contribution in [3.05, 3.63) is 203 Å². The Balaban J connectivity index is 1.22. The highest BCUT2D eigenvalue weighted by molar-refractivity contribution is 5.53. The quantitative estimate of drug-likeness (QED) is 0.0775. The average molecular weight is 751 g/mol. The van der Waals surface area contributed by atoms with Crippen LogP contribution in [0.1, 0.15) is 76.7 Å². The minimum atomic E-state index is 0.0279. The molecular weight excluding hydrogens is 701 g/mol. The monoisotopic (exact) mass is 750 g/mol. The Morgan fingerprint density at radius 1 is 0.404 bits per heavy atom. The summed E-state index contributed by atoms with van der Waals surface area (Å²) in [6.45, 7) is 7.11. The van der Waals surface area contributed by atoms with Crippen molar-refractivity contribution in [2.75, 3.05) is 27.8 Å². The summed E-state index contributed by atoms with van der Waals surface area (Å²) in [6, 6.07) is 57.4. The number of nitrogens with one attached hydrogen (secondary N) is 4. The highest BCUT2D eigenvalue weighted by Crippen LogP contribution is 2.66. The SMILES string of the molecule is CC(C)CNc1nc(NCc2ccccc2)cc([C@H]2[C@@H](c3ccccc3)[C@H](c3cc(NCc4ccccc4)nc(NCc4ccccc4)n3)[C@@H]2c2ccccc2)n1. The third kappa shape index (κ3) is 9.30. The van der Waals surface area contributed by atoms with Crippen LogP contribution in [0.5, 0.6) is 0 Å². The molecule has 8 nitrogen and oxygen atoms in total. The van der Waals surface area contributed by atoms with Gasteiger partial charge < -0.3 is 21.3 Å². The Morgan fingerprint density at radius 3 is 1.14 bits per heavy atom. The van der Waals surface area contributed by atoms with Gasteiger partial charge in [0.1, 0.15) is 11.6 Å². The van der Waals surface area contributed by atoms with Gasteiger partial charge >= 0.3 is 0 Å². The van der Waals surface area contributed by atoms with Crippen LogP contribution in [0.2, 0.25) is 0 Å². The van der Waals surface area contributed by atoms with Crippen molar-refractivity contribution in [2.24, 2.45) is 5.92 Å². The molecule has 2 heterocycles. The van der Waals surface area contributed by atoms with E-state index in [1.165, 1.54) is 27.8 Å². The summed E-state index contributed by atoms with van der Waals surface area (Å²) in [5, 5.41) is 14.4. The molecule has 7 aromatic rings. The second kappa shape index (κ2) is 17.9. The second-order valence-electron chi connectivity index (χ2n) is 15.2. The molecule has 1 aliphatic carbocycles. The summed E-state index contributed by atoms with van der Waals surface area (Å²) in [5.74, 6) is 3.48. The van der Waals surface area contributed by atoms with E-state index in [2.05, 4.69) is 181 Å². The summed E-state index contributed by atoms with van der Waals surface area (Å²) in [4.78, 5) is 20.6. The fourth-order valence-electron chi connectivity index (χ4n) is 7.93. The van der Waals surface area contributed by atoms with Crippen LogP contribution in [0.15, 0.2) is 164 Å². The van der Waals surface area contributed by atoms with Gasteiger partial charge in [0.25, 0.3) is 0 Å². The number of benzene rings is 5. The van der Waals surface area contributed by atoms with Crippen molar-refractivity contribution in [3.63, 3.8) is 0 Å². The van der Waals surface area contributed by atoms with Crippen molar-refractivity contribution in [3.8, 4) is 0 Å². The highest BCUT2D eigenvalue weighted by Gasteiger charge is 2.54. The van der Waals surface area contributed by atoms with Crippen molar-refractivity contribution in [2.45, 2.75) is 57.2 Å². The Labute approximate surface area is 336 Å². The maximum atomic E-state index is 5.33. The van der Waals surface area contributed by atoms with Gasteiger partial charge in [0.15, 0.2) is 0 Å². The molecule has 286 valence electrons. The first-order valence-electron chi connectivity index (χ1n) is 20.0. The van der Waals surface area contributed by atoms with E-state index in [-0.39, 0.29) is 23.7 Å². The topological polar surface area (TPSA) is 99.7 Å². The summed E-state index contributed by atoms with van der Waals surface area (Å²) in [7, 11) is 0. The third-order valence-corrected chi connectivity index (χ3v) is 10.7. The predicted octanol–water partition coefficient (Wildman–Crippen LogP) is 10.6. The molecule has 5 aromatic carbocycles. The molecule has 1 fully saturated rings. The van der Waals surface area contributed by atoms with Crippen molar-refractivity contribution < 1.29 is 0 Å². The molecule has 57 heavy (non-hydrogen) atoms. The van der Waals surface area contributed by atoms with E-state index in [1.54, 1.807) is 0 Å². The Bertz CT molecular complexity index is 2200. The molecule has 2 atom stereocenters. The number of anilines is 4. The van der Waals surface area contributed by atoms with Gasteiger partial charge in [-0.15, -0.1) is 0 Å². The largest absolute Gasteiger partial charge is 0.366 e. The van der Waals surface area contributed by atoms with Crippen LogP contribution < -0.4 is 21.3 Å². The number of rotatable bonds is 16. The lowest BCUT2D eigenvalue weighted by atomic mass is 9.50. The molecule has 0 spiro atoms. The Kier molecular flexibility index (Phi) is 11.8. The zero-order chi connectivity index (χ0) is 38.8. The minimum Gasteiger partial charge on any atom is -0.366 e. The van der Waals surface area contributed by atoms with E-state index in [1.807, 2.05) is 18.2 Å². The van der Waals surface area contributed by atoms with E-state index < -0.39 is 0 Å². The molecule has 1 saturated carbocycles. The van der Waals surface area contributed by atoms with E-state index in [4.69, 9.17) is 19.9 Å². The summed E-state index contributed by atoms with van der Waals surface area (Å²) < 4.78 is 0. The first-order valence-corrected chi connectivity index (χ1v) is 20.0. The van der Waals surface area contributed by atoms with Crippen LogP contribution in [-0.4, -0.2) is 26.5 Å². The zero-order valence-electron chi connectivity index (χ0n) is 32.6. The van der Waals surface area contributed by atoms with Crippen molar-refractivity contribution in [1.82, 2.24) is 19.9 Å². The highest BCUT2D eigenvalue weighted by atomic mass is 15.2. The molecular formula is C49H50N8. The van der Waals surface area contributed by atoms with Crippen LogP contribution >= 0.6 is 0 Å². The van der Waals surface area contributed by atoms with E-state index >= 15 is 0 Å². The summed E-state index contributed by atoms with van der Waals surface area (Å²) in [6.07, 6.45) is 0. The fraction of sp³-hybridized carbons (Fsp3) is 0.224. The standard InChI is InChI=1S/C49H50N8/c1-34(2)30-52-48-54-40(28-42(56-48)50-31-35-18-8-3-9-19-35)46-44(38-24-14-6-15-25-38)47(45(46)39-26-16-7-17-27-39)41-29-43(51-32-36-20-10-4-11-21-36)57-49(55-41)53-33-37-22-12-5-13-23-37/h3-29,34,44-47H,30-33H2,1-2H3,(H2,50,52,54,56)(H2,51,53,55,57)/t44-,45-,46-,47-/m1/s1. The fourth-order valence-corrected chi connectivity index (χ4v) is 7.93. The molecule has 0 amide bonds. The van der Waals surface area contributed by atoms with E-state index in [0.717, 1.165) is 29.6 Å². The van der Waals surface area contributed by atoms with Crippen LogP contribution in [0, 0.1) is 5.92 Å². The normalized spacial score (nSPS) is 17.4. The number of aromatic nitrogens is 4. The summed E-state index contributed by atoms with van der Waals surface area (Å²) in [5.41, 5.74) is 8.05. The maximum Gasteiger partial charge on any atom is 0.225 e. The van der Waals surface area contributed by atoms with Gasteiger partial charge in [-0.05, 0) is 33.7 Å². The molecule has 8 rings (SSSR count). The zero-order valence-corrected chi connectivity index (χ0v) is 32.6. The molecule has 0 radical (unpaired) electrons. The minimum absolute atomic E-state index is 0.0279. The molecule has 8 heteroatoms. The van der Waals surface area contributed by atoms with E-state index in [0.29, 0.717) is 37.4 Å². The molecule has 2 aromatic heterocycles. The van der Waals surface area contributed by atoms with Crippen LogP contribution in [0.4, 0.5) is 23.5 Å². The predicted molar refractivity (Wildman–Crippen MR) is 233 cm³/mol. The van der Waals surface area contributed by atoms with Gasteiger partial charge in [0, 0.05) is 62.0 Å². The summed E-state index contributed by atoms with van der Waals surface area (Å²) >= 11 is 0. The van der Waals surface area contributed by atoms with Gasteiger partial charge in [-0.3, -0.25) is 0 Å². The van der Waals surface area contributed by atoms with Crippen LogP contribution in [-0.2, 0) is 19.6 Å². The lowest BCUT2D eigenvalue weighted by Gasteiger charge is -2.52. The second-order valence-corrected chi connectivity index (χ2v) is 15.2. The lowest BCUT2D eigenvalue weighted by Crippen LogP contribution is -2.41. The molecule has 0 saturated heterocycles. The Morgan fingerprint density at radius 2 is 0.754 bits per heavy atom. The van der Waals surface area contributed by atoms with Gasteiger partial charge in [-0.25, -0.2) is 9.97 Å². The maximum absolute atomic E-state index is 5.33. The average Bonchev–Trinajstić information content (AvgIpc) is 3.25. The first kappa shape index (κ1) is 37.4. The Hall–Kier alpha value is -6.54. The van der Waals surface area contributed by atoms with Gasteiger partial charge in [-0.1, -0.05) is 166 Å². The number of nitrogens with zero attached hydrogens (tertiary/aromatic N) is 4. The molecule has 0 aliphatic heterocycles. The van der Waals surface area contributed by atoms with Crippen molar-refractivity contribution in [1.29, 1.82) is 0 Å². The van der Waals surface area contributed by atoms with Gasteiger partial charge in [0.05, 0.1) is 11.4 Å². The van der Waals surface area contributed by atoms with Crippen LogP contribution in [0.25, 0.3) is 0 Å². The first-order chi connectivity index (χ1) is 28.1. The molecule has 0 unspecified atom stereocenters. The van der Waals surface area contributed by atoms with Crippen molar-refractivity contribution >= 4 is 23.5 Å². The van der Waals surface area contributed by atoms with Crippen LogP contribution in [0.3, 0.4) is 0 Å². The third-order valence-electron chi connectivity index (χ3n) is 10.7. The van der Waals surface area contributed by atoms with Gasteiger partial charge in [0.2, 0.25) is 11.9 Å². The smallest absolute Gasteiger partial charge is 0.225 e. The molecule has 1 aliphatic rings. The molecule has 0 bridgehead atoms. The molecule has 4 N–H and O–H groups in total. The number of hydrogen-bond donors (Lipinski definition) is 4. The van der Waals surface area contributed by atoms with Gasteiger partial charge in [-0.2, -0.15) is 9.97 Å². The lowest BCUT2D eigenvalue weighted by molar-refractivity contribution is 0.220.